The molecule has 0 fully saturated rings. The first-order valence-electron chi connectivity index (χ1n) is 6.42. The van der Waals surface area contributed by atoms with Gasteiger partial charge in [-0.3, -0.25) is 0 Å². The quantitative estimate of drug-likeness (QED) is 0.791. The molecule has 0 radical (unpaired) electrons. The van der Waals surface area contributed by atoms with E-state index in [1.54, 1.807) is 6.07 Å². The molecule has 0 atom stereocenters. The Hall–Kier alpha value is -1.49. The van der Waals surface area contributed by atoms with Gasteiger partial charge in [0.15, 0.2) is 11.6 Å². The highest BCUT2D eigenvalue weighted by molar-refractivity contribution is 6.16. The highest BCUT2D eigenvalue weighted by Gasteiger charge is 2.13. The Balaban J connectivity index is 2.28. The second kappa shape index (κ2) is 6.31. The van der Waals surface area contributed by atoms with Crippen LogP contribution in [0.4, 0.5) is 8.78 Å². The van der Waals surface area contributed by atoms with Gasteiger partial charge in [-0.2, -0.15) is 0 Å². The lowest BCUT2D eigenvalue weighted by molar-refractivity contribution is 0.497. The van der Waals surface area contributed by atoms with E-state index in [4.69, 9.17) is 11.6 Å². The van der Waals surface area contributed by atoms with Gasteiger partial charge in [-0.25, -0.2) is 8.78 Å². The van der Waals surface area contributed by atoms with E-state index in [2.05, 4.69) is 24.0 Å². The topological polar surface area (TPSA) is 30.7 Å². The van der Waals surface area contributed by atoms with Crippen LogP contribution in [0.5, 0.6) is 0 Å². The smallest absolute Gasteiger partial charge is 0.159 e. The molecule has 1 aromatic heterocycles. The first-order valence-corrected chi connectivity index (χ1v) is 6.95. The zero-order chi connectivity index (χ0) is 14.7. The van der Waals surface area contributed by atoms with Crippen molar-refractivity contribution in [1.82, 2.24) is 14.8 Å². The van der Waals surface area contributed by atoms with E-state index in [1.807, 2.05) is 4.57 Å². The fourth-order valence-electron chi connectivity index (χ4n) is 2.01. The van der Waals surface area contributed by atoms with Crippen LogP contribution in [-0.4, -0.2) is 14.8 Å². The zero-order valence-corrected chi connectivity index (χ0v) is 12.2. The highest BCUT2D eigenvalue weighted by Crippen LogP contribution is 2.15. The molecule has 1 aromatic carbocycles. The Morgan fingerprint density at radius 3 is 2.45 bits per heavy atom. The van der Waals surface area contributed by atoms with Crippen molar-refractivity contribution in [3.05, 3.63) is 47.0 Å². The fourth-order valence-corrected chi connectivity index (χ4v) is 2.21. The molecule has 0 saturated heterocycles. The minimum atomic E-state index is -0.852. The molecule has 1 heterocycles. The molecule has 0 unspecified atom stereocenters. The molecular formula is C14H16ClF2N3. The summed E-state index contributed by atoms with van der Waals surface area (Å²) in [4.78, 5) is 0. The van der Waals surface area contributed by atoms with Crippen LogP contribution in [-0.2, 0) is 18.8 Å². The first kappa shape index (κ1) is 14.9. The maximum Gasteiger partial charge on any atom is 0.159 e. The van der Waals surface area contributed by atoms with Crippen LogP contribution in [0.25, 0.3) is 0 Å². The van der Waals surface area contributed by atoms with Gasteiger partial charge in [0.1, 0.15) is 11.6 Å². The third kappa shape index (κ3) is 3.33. The Bertz CT molecular complexity index is 596. The van der Waals surface area contributed by atoms with E-state index in [1.165, 1.54) is 6.07 Å². The fraction of sp³-hybridized carbons (Fsp3) is 0.429. The van der Waals surface area contributed by atoms with Crippen molar-refractivity contribution in [1.29, 1.82) is 0 Å². The Labute approximate surface area is 121 Å². The predicted molar refractivity (Wildman–Crippen MR) is 73.6 cm³/mol. The number of hydrogen-bond donors (Lipinski definition) is 0. The number of aromatic nitrogens is 3. The summed E-state index contributed by atoms with van der Waals surface area (Å²) >= 11 is 5.84. The number of alkyl halides is 1. The summed E-state index contributed by atoms with van der Waals surface area (Å²) in [5, 5.41) is 8.14. The molecule has 0 aliphatic heterocycles. The molecule has 3 nitrogen and oxygen atoms in total. The zero-order valence-electron chi connectivity index (χ0n) is 11.4. The van der Waals surface area contributed by atoms with Gasteiger partial charge >= 0.3 is 0 Å². The van der Waals surface area contributed by atoms with Gasteiger partial charge in [0, 0.05) is 13.0 Å². The molecule has 0 amide bonds. The molecule has 0 bridgehead atoms. The lowest BCUT2D eigenvalue weighted by Gasteiger charge is -2.11. The third-order valence-corrected chi connectivity index (χ3v) is 3.16. The number of rotatable bonds is 5. The summed E-state index contributed by atoms with van der Waals surface area (Å²) in [6.07, 6.45) is 0.397. The average molecular weight is 300 g/mol. The van der Waals surface area contributed by atoms with Crippen LogP contribution in [0, 0.1) is 17.6 Å². The summed E-state index contributed by atoms with van der Waals surface area (Å²) in [6.45, 7) is 4.91. The van der Waals surface area contributed by atoms with E-state index >= 15 is 0 Å². The van der Waals surface area contributed by atoms with Crippen molar-refractivity contribution in [2.24, 2.45) is 5.92 Å². The molecule has 0 spiro atoms. The van der Waals surface area contributed by atoms with Crippen molar-refractivity contribution in [2.75, 3.05) is 0 Å². The lowest BCUT2D eigenvalue weighted by atomic mass is 10.1. The number of benzene rings is 1. The molecule has 6 heteroatoms. The largest absolute Gasteiger partial charge is 0.313 e. The molecule has 20 heavy (non-hydrogen) atoms. The normalized spacial score (nSPS) is 11.3. The van der Waals surface area contributed by atoms with Crippen LogP contribution in [0.2, 0.25) is 0 Å². The Kier molecular flexibility index (Phi) is 4.70. The van der Waals surface area contributed by atoms with E-state index < -0.39 is 11.6 Å². The van der Waals surface area contributed by atoms with Crippen LogP contribution in [0.1, 0.15) is 31.1 Å². The van der Waals surface area contributed by atoms with Gasteiger partial charge in [0.05, 0.1) is 5.88 Å². The minimum Gasteiger partial charge on any atom is -0.313 e. The summed E-state index contributed by atoms with van der Waals surface area (Å²) < 4.78 is 28.1. The lowest BCUT2D eigenvalue weighted by Crippen LogP contribution is -2.12. The first-order chi connectivity index (χ1) is 9.51. The van der Waals surface area contributed by atoms with Crippen molar-refractivity contribution in [2.45, 2.75) is 32.7 Å². The van der Waals surface area contributed by atoms with Crippen molar-refractivity contribution in [3.63, 3.8) is 0 Å². The van der Waals surface area contributed by atoms with Crippen LogP contribution >= 0.6 is 11.6 Å². The number of hydrogen-bond acceptors (Lipinski definition) is 2. The highest BCUT2D eigenvalue weighted by atomic mass is 35.5. The van der Waals surface area contributed by atoms with Gasteiger partial charge < -0.3 is 4.57 Å². The monoisotopic (exact) mass is 299 g/mol. The summed E-state index contributed by atoms with van der Waals surface area (Å²) in [6, 6.07) is 3.85. The second-order valence-corrected chi connectivity index (χ2v) is 5.36. The maximum atomic E-state index is 13.2. The molecule has 0 aliphatic rings. The molecule has 0 N–H and O–H groups in total. The van der Waals surface area contributed by atoms with Crippen molar-refractivity contribution in [3.8, 4) is 0 Å². The van der Waals surface area contributed by atoms with Gasteiger partial charge in [-0.15, -0.1) is 21.8 Å². The standard InChI is InChI=1S/C14H16ClF2N3/c1-9(2)8-20-13(18-19-14(20)7-15)6-10-3-4-11(16)12(17)5-10/h3-5,9H,6-8H2,1-2H3. The maximum absolute atomic E-state index is 13.2. The van der Waals surface area contributed by atoms with Gasteiger partial charge in [0.2, 0.25) is 0 Å². The third-order valence-electron chi connectivity index (χ3n) is 2.92. The van der Waals surface area contributed by atoms with Crippen LogP contribution < -0.4 is 0 Å². The van der Waals surface area contributed by atoms with Crippen LogP contribution in [0.3, 0.4) is 0 Å². The molecule has 108 valence electrons. The Morgan fingerprint density at radius 1 is 1.15 bits per heavy atom. The van der Waals surface area contributed by atoms with E-state index in [0.717, 1.165) is 12.6 Å². The number of nitrogens with zero attached hydrogens (tertiary/aromatic N) is 3. The van der Waals surface area contributed by atoms with Crippen molar-refractivity contribution >= 4 is 11.6 Å². The van der Waals surface area contributed by atoms with Crippen molar-refractivity contribution < 1.29 is 8.78 Å². The predicted octanol–water partition coefficient (Wildman–Crippen LogP) is 3.54. The summed E-state index contributed by atoms with van der Waals surface area (Å²) in [7, 11) is 0. The molecule has 0 saturated carbocycles. The molecule has 0 aliphatic carbocycles. The van der Waals surface area contributed by atoms with Gasteiger partial charge in [-0.1, -0.05) is 19.9 Å². The van der Waals surface area contributed by atoms with E-state index in [0.29, 0.717) is 29.6 Å². The SMILES string of the molecule is CC(C)Cn1c(CCl)nnc1Cc1ccc(F)c(F)c1. The van der Waals surface area contributed by atoms with E-state index in [9.17, 15) is 8.78 Å². The molecule has 2 aromatic rings. The summed E-state index contributed by atoms with van der Waals surface area (Å²) in [5.41, 5.74) is 0.655. The second-order valence-electron chi connectivity index (χ2n) is 5.10. The molecule has 2 rings (SSSR count). The van der Waals surface area contributed by atoms with Crippen LogP contribution in [0.15, 0.2) is 18.2 Å². The van der Waals surface area contributed by atoms with E-state index in [-0.39, 0.29) is 5.88 Å². The average Bonchev–Trinajstić information content (AvgIpc) is 2.76. The number of halogens is 3. The van der Waals surface area contributed by atoms with Gasteiger partial charge in [0.25, 0.3) is 0 Å². The minimum absolute atomic E-state index is 0.275. The summed E-state index contributed by atoms with van der Waals surface area (Å²) in [5.74, 6) is 0.390. The van der Waals surface area contributed by atoms with Gasteiger partial charge in [-0.05, 0) is 23.6 Å². The Morgan fingerprint density at radius 2 is 1.85 bits per heavy atom. The molecular weight excluding hydrogens is 284 g/mol.